The predicted octanol–water partition coefficient (Wildman–Crippen LogP) is 5.53. The first-order chi connectivity index (χ1) is 15.1. The summed E-state index contributed by atoms with van der Waals surface area (Å²) in [7, 11) is -3.32. The third-order valence-electron chi connectivity index (χ3n) is 5.99. The molecule has 156 valence electrons. The number of carbonyl (C=O) groups excluding carboxylic acids is 1. The number of anilines is 3. The summed E-state index contributed by atoms with van der Waals surface area (Å²) in [6, 6.07) is 29.0. The summed E-state index contributed by atoms with van der Waals surface area (Å²) in [5.41, 5.74) is 2.53. The van der Waals surface area contributed by atoms with Crippen LogP contribution in [0.25, 0.3) is 0 Å². The van der Waals surface area contributed by atoms with Crippen LogP contribution < -0.4 is 14.2 Å². The van der Waals surface area contributed by atoms with E-state index in [9.17, 15) is 9.36 Å². The Morgan fingerprint density at radius 3 is 1.58 bits per heavy atom. The molecule has 3 aromatic rings. The first-order valence-corrected chi connectivity index (χ1v) is 12.1. The highest BCUT2D eigenvalue weighted by molar-refractivity contribution is 7.69. The Morgan fingerprint density at radius 2 is 1.13 bits per heavy atom. The number of para-hydroxylation sites is 3. The van der Waals surface area contributed by atoms with Crippen molar-refractivity contribution < 1.29 is 9.36 Å². The van der Waals surface area contributed by atoms with Gasteiger partial charge in [0.2, 0.25) is 5.91 Å². The number of nitrogens with zero attached hydrogens (tertiary/aromatic N) is 3. The van der Waals surface area contributed by atoms with Gasteiger partial charge >= 0.3 is 0 Å². The molecule has 3 aromatic carbocycles. The van der Waals surface area contributed by atoms with Gasteiger partial charge in [-0.05, 0) is 36.4 Å². The van der Waals surface area contributed by atoms with Crippen molar-refractivity contribution in [3.05, 3.63) is 103 Å². The summed E-state index contributed by atoms with van der Waals surface area (Å²) < 4.78 is 18.9. The van der Waals surface area contributed by atoms with E-state index in [0.29, 0.717) is 25.2 Å². The van der Waals surface area contributed by atoms with Crippen molar-refractivity contribution in [3.63, 3.8) is 0 Å². The van der Waals surface area contributed by atoms with E-state index in [-0.39, 0.29) is 5.91 Å². The molecule has 2 aliphatic heterocycles. The molecule has 0 saturated carbocycles. The Bertz CT molecular complexity index is 1100. The van der Waals surface area contributed by atoms with Crippen LogP contribution in [0.2, 0.25) is 0 Å². The zero-order valence-corrected chi connectivity index (χ0v) is 18.1. The molecule has 0 aromatic heterocycles. The maximum Gasteiger partial charge on any atom is 0.275 e. The van der Waals surface area contributed by atoms with Gasteiger partial charge in [-0.15, -0.1) is 0 Å². The molecule has 0 bridgehead atoms. The van der Waals surface area contributed by atoms with Crippen molar-refractivity contribution in [1.29, 1.82) is 0 Å². The van der Waals surface area contributed by atoms with Crippen LogP contribution in [0.5, 0.6) is 0 Å². The molecular formula is C25H24N3O2P. The molecule has 1 atom stereocenters. The Labute approximate surface area is 182 Å². The molecule has 0 aliphatic carbocycles. The first kappa shape index (κ1) is 19.7. The highest BCUT2D eigenvalue weighted by atomic mass is 31.2. The molecular weight excluding hydrogens is 405 g/mol. The topological polar surface area (TPSA) is 43.9 Å². The minimum Gasteiger partial charge on any atom is -0.304 e. The molecule has 5 rings (SSSR count). The SMILES string of the molecule is C=C1CC(P2(=O)N(c3ccccc3)CCN2c2ccccc2)C(=O)N1c1ccccc1. The lowest BCUT2D eigenvalue weighted by Crippen LogP contribution is -2.35. The first-order valence-electron chi connectivity index (χ1n) is 10.4. The van der Waals surface area contributed by atoms with Gasteiger partial charge in [0.1, 0.15) is 5.66 Å². The van der Waals surface area contributed by atoms with Gasteiger partial charge in [0, 0.05) is 42.3 Å². The monoisotopic (exact) mass is 429 g/mol. The number of rotatable bonds is 4. The lowest BCUT2D eigenvalue weighted by atomic mass is 10.3. The van der Waals surface area contributed by atoms with Crippen LogP contribution in [0.4, 0.5) is 17.1 Å². The van der Waals surface area contributed by atoms with Gasteiger partial charge in [0.15, 0.2) is 0 Å². The average Bonchev–Trinajstić information content (AvgIpc) is 3.32. The summed E-state index contributed by atoms with van der Waals surface area (Å²) >= 11 is 0. The van der Waals surface area contributed by atoms with Crippen LogP contribution in [0, 0.1) is 0 Å². The summed E-state index contributed by atoms with van der Waals surface area (Å²) in [6.07, 6.45) is 0.373. The fourth-order valence-corrected chi connectivity index (χ4v) is 8.05. The molecule has 2 saturated heterocycles. The minimum atomic E-state index is -3.32. The zero-order chi connectivity index (χ0) is 21.4. The number of hydrogen-bond acceptors (Lipinski definition) is 2. The maximum absolute atomic E-state index is 15.0. The van der Waals surface area contributed by atoms with Crippen molar-refractivity contribution >= 4 is 30.4 Å². The van der Waals surface area contributed by atoms with E-state index in [4.69, 9.17) is 0 Å². The number of allylic oxidation sites excluding steroid dienone is 1. The summed E-state index contributed by atoms with van der Waals surface area (Å²) in [4.78, 5) is 15.3. The summed E-state index contributed by atoms with van der Waals surface area (Å²) in [6.45, 7) is 5.35. The molecule has 1 amide bonds. The van der Waals surface area contributed by atoms with Crippen LogP contribution in [-0.4, -0.2) is 24.7 Å². The Hall–Kier alpha value is -3.30. The van der Waals surface area contributed by atoms with E-state index in [1.807, 2.05) is 100 Å². The molecule has 5 nitrogen and oxygen atoms in total. The molecule has 31 heavy (non-hydrogen) atoms. The standard InChI is InChI=1S/C25H24N3O2P/c1-20-19-24(25(29)28(20)23-15-9-4-10-16-23)31(30)26(21-11-5-2-6-12-21)17-18-27(31)22-13-7-3-8-14-22/h2-16,24H,1,17-19H2. The molecule has 2 heterocycles. The Morgan fingerprint density at radius 1 is 0.710 bits per heavy atom. The number of carbonyl (C=O) groups is 1. The Kier molecular flexibility index (Phi) is 4.91. The predicted molar refractivity (Wildman–Crippen MR) is 127 cm³/mol. The zero-order valence-electron chi connectivity index (χ0n) is 17.2. The minimum absolute atomic E-state index is 0.150. The van der Waals surface area contributed by atoms with Crippen molar-refractivity contribution in [2.24, 2.45) is 0 Å². The largest absolute Gasteiger partial charge is 0.304 e. The molecule has 0 radical (unpaired) electrons. The quantitative estimate of drug-likeness (QED) is 0.512. The van der Waals surface area contributed by atoms with Crippen molar-refractivity contribution in [2.75, 3.05) is 27.3 Å². The van der Waals surface area contributed by atoms with E-state index in [1.165, 1.54) is 0 Å². The van der Waals surface area contributed by atoms with Gasteiger partial charge in [-0.25, -0.2) is 0 Å². The molecule has 2 fully saturated rings. The second-order valence-electron chi connectivity index (χ2n) is 7.80. The average molecular weight is 429 g/mol. The van der Waals surface area contributed by atoms with Crippen molar-refractivity contribution in [1.82, 2.24) is 0 Å². The van der Waals surface area contributed by atoms with Gasteiger partial charge in [0.05, 0.1) is 0 Å². The van der Waals surface area contributed by atoms with Gasteiger partial charge in [-0.1, -0.05) is 61.2 Å². The lowest BCUT2D eigenvalue weighted by molar-refractivity contribution is -0.116. The van der Waals surface area contributed by atoms with Crippen LogP contribution in [0.15, 0.2) is 103 Å². The van der Waals surface area contributed by atoms with Gasteiger partial charge in [0.25, 0.3) is 7.44 Å². The van der Waals surface area contributed by atoms with Gasteiger partial charge in [-0.3, -0.25) is 14.3 Å². The van der Waals surface area contributed by atoms with Crippen molar-refractivity contribution in [3.8, 4) is 0 Å². The van der Waals surface area contributed by atoms with Crippen LogP contribution in [-0.2, 0) is 9.36 Å². The fourth-order valence-electron chi connectivity index (χ4n) is 4.59. The van der Waals surface area contributed by atoms with Gasteiger partial charge < -0.3 is 9.34 Å². The highest BCUT2D eigenvalue weighted by Crippen LogP contribution is 2.66. The van der Waals surface area contributed by atoms with E-state index in [2.05, 4.69) is 6.58 Å². The third kappa shape index (κ3) is 3.17. The van der Waals surface area contributed by atoms with Gasteiger partial charge in [-0.2, -0.15) is 0 Å². The number of benzene rings is 3. The molecule has 1 unspecified atom stereocenters. The second kappa shape index (κ2) is 7.75. The second-order valence-corrected chi connectivity index (χ2v) is 10.6. The van der Waals surface area contributed by atoms with E-state index >= 15 is 0 Å². The fraction of sp³-hybridized carbons (Fsp3) is 0.160. The third-order valence-corrected chi connectivity index (χ3v) is 9.46. The summed E-state index contributed by atoms with van der Waals surface area (Å²) in [5, 5.41) is 0. The smallest absolute Gasteiger partial charge is 0.275 e. The lowest BCUT2D eigenvalue weighted by Gasteiger charge is -2.35. The van der Waals surface area contributed by atoms with Crippen LogP contribution in [0.3, 0.4) is 0 Å². The highest BCUT2D eigenvalue weighted by Gasteiger charge is 2.56. The molecule has 0 spiro atoms. The van der Waals surface area contributed by atoms with Crippen LogP contribution in [0.1, 0.15) is 6.42 Å². The normalized spacial score (nSPS) is 20.5. The molecule has 2 aliphatic rings. The van der Waals surface area contributed by atoms with E-state index < -0.39 is 13.1 Å². The van der Waals surface area contributed by atoms with E-state index in [1.54, 1.807) is 4.90 Å². The van der Waals surface area contributed by atoms with Crippen molar-refractivity contribution in [2.45, 2.75) is 12.1 Å². The van der Waals surface area contributed by atoms with E-state index in [0.717, 1.165) is 17.1 Å². The maximum atomic E-state index is 15.0. The molecule has 6 heteroatoms. The van der Waals surface area contributed by atoms with Crippen LogP contribution >= 0.6 is 7.44 Å². The number of hydrogen-bond donors (Lipinski definition) is 0. The Balaban J connectivity index is 1.61. The molecule has 0 N–H and O–H groups in total. The summed E-state index contributed by atoms with van der Waals surface area (Å²) in [5.74, 6) is -0.150. The number of amides is 1.